The third-order valence-corrected chi connectivity index (χ3v) is 3.98. The summed E-state index contributed by atoms with van der Waals surface area (Å²) in [6, 6.07) is 8.23. The Balaban J connectivity index is 0.00000338. The van der Waals surface area contributed by atoms with Gasteiger partial charge in [0.2, 0.25) is 5.89 Å². The van der Waals surface area contributed by atoms with E-state index in [9.17, 15) is 0 Å². The topological polar surface area (TPSA) is 84.6 Å². The molecule has 26 heavy (non-hydrogen) atoms. The molecule has 0 radical (unpaired) electrons. The van der Waals surface area contributed by atoms with E-state index in [0.717, 1.165) is 24.7 Å². The number of hydrogen-bond donors (Lipinski definition) is 2. The molecule has 2 aromatic rings. The van der Waals surface area contributed by atoms with Crippen molar-refractivity contribution in [1.29, 1.82) is 0 Å². The molecule has 1 aromatic carbocycles. The molecule has 0 amide bonds. The van der Waals surface area contributed by atoms with E-state index in [1.54, 1.807) is 14.2 Å². The summed E-state index contributed by atoms with van der Waals surface area (Å²) in [6.07, 6.45) is 1.68. The van der Waals surface area contributed by atoms with Gasteiger partial charge in [0.15, 0.2) is 11.8 Å². The van der Waals surface area contributed by atoms with Crippen LogP contribution in [0.2, 0.25) is 0 Å². The number of nitrogens with zero attached hydrogens (tertiary/aromatic N) is 3. The number of aromatic nitrogens is 2. The van der Waals surface area contributed by atoms with Crippen LogP contribution in [0.15, 0.2) is 33.8 Å². The fraction of sp³-hybridized carbons (Fsp3) is 0.500. The lowest BCUT2D eigenvalue weighted by Crippen LogP contribution is -2.39. The van der Waals surface area contributed by atoms with E-state index in [4.69, 9.17) is 9.26 Å². The van der Waals surface area contributed by atoms with Crippen LogP contribution in [0.4, 0.5) is 0 Å². The number of rotatable bonds is 8. The number of hydrogen-bond acceptors (Lipinski definition) is 5. The zero-order chi connectivity index (χ0) is 18.1. The summed E-state index contributed by atoms with van der Waals surface area (Å²) in [5.74, 6) is 3.41. The SMILES string of the molecule is CN=C(NCCc1nc(C)no1)NCCC(C)c1ccc(OC)cc1.I. The standard InChI is InChI=1S/C18H27N5O2.HI/c1-13(15-5-7-16(24-4)8-6-15)9-11-20-18(19-3)21-12-10-17-22-14(2)23-25-17;/h5-8,13H,9-12H2,1-4H3,(H2,19,20,21);1H. The molecular weight excluding hydrogens is 445 g/mol. The van der Waals surface area contributed by atoms with E-state index in [-0.39, 0.29) is 24.0 Å². The van der Waals surface area contributed by atoms with Crippen LogP contribution >= 0.6 is 24.0 Å². The van der Waals surface area contributed by atoms with Crippen LogP contribution in [0.25, 0.3) is 0 Å². The highest BCUT2D eigenvalue weighted by Crippen LogP contribution is 2.21. The zero-order valence-electron chi connectivity index (χ0n) is 15.8. The third kappa shape index (κ3) is 7.19. The number of aryl methyl sites for hydroxylation is 1. The second kappa shape index (κ2) is 11.7. The van der Waals surface area contributed by atoms with Gasteiger partial charge >= 0.3 is 0 Å². The molecule has 0 spiro atoms. The molecule has 0 bridgehead atoms. The monoisotopic (exact) mass is 473 g/mol. The fourth-order valence-corrected chi connectivity index (χ4v) is 2.46. The van der Waals surface area contributed by atoms with Crippen molar-refractivity contribution in [3.8, 4) is 5.75 Å². The van der Waals surface area contributed by atoms with Crippen molar-refractivity contribution in [2.24, 2.45) is 4.99 Å². The van der Waals surface area contributed by atoms with Gasteiger partial charge in [-0.25, -0.2) is 0 Å². The number of benzene rings is 1. The lowest BCUT2D eigenvalue weighted by molar-refractivity contribution is 0.374. The van der Waals surface area contributed by atoms with Gasteiger partial charge in [0.05, 0.1) is 7.11 Å². The normalized spacial score (nSPS) is 12.2. The fourth-order valence-electron chi connectivity index (χ4n) is 2.46. The van der Waals surface area contributed by atoms with Gasteiger partial charge < -0.3 is 19.9 Å². The zero-order valence-corrected chi connectivity index (χ0v) is 18.1. The predicted octanol–water partition coefficient (Wildman–Crippen LogP) is 2.91. The number of guanidine groups is 1. The number of methoxy groups -OCH3 is 1. The smallest absolute Gasteiger partial charge is 0.228 e. The van der Waals surface area contributed by atoms with Crippen LogP contribution in [0.5, 0.6) is 5.75 Å². The van der Waals surface area contributed by atoms with Gasteiger partial charge in [0.25, 0.3) is 0 Å². The van der Waals surface area contributed by atoms with Crippen molar-refractivity contribution < 1.29 is 9.26 Å². The molecule has 1 aromatic heterocycles. The summed E-state index contributed by atoms with van der Waals surface area (Å²) < 4.78 is 10.3. The highest BCUT2D eigenvalue weighted by Gasteiger charge is 2.07. The van der Waals surface area contributed by atoms with E-state index in [1.807, 2.05) is 19.1 Å². The molecular formula is C18H28IN5O2. The molecule has 8 heteroatoms. The minimum atomic E-state index is 0. The first-order chi connectivity index (χ1) is 12.1. The first-order valence-corrected chi connectivity index (χ1v) is 8.50. The Labute approximate surface area is 172 Å². The van der Waals surface area contributed by atoms with Crippen molar-refractivity contribution >= 4 is 29.9 Å². The largest absolute Gasteiger partial charge is 0.497 e. The summed E-state index contributed by atoms with van der Waals surface area (Å²) in [5.41, 5.74) is 1.30. The molecule has 0 fully saturated rings. The second-order valence-corrected chi connectivity index (χ2v) is 5.87. The summed E-state index contributed by atoms with van der Waals surface area (Å²) in [5, 5.41) is 10.4. The predicted molar refractivity (Wildman–Crippen MR) is 114 cm³/mol. The molecule has 0 aliphatic heterocycles. The Morgan fingerprint density at radius 1 is 1.23 bits per heavy atom. The maximum atomic E-state index is 5.20. The van der Waals surface area contributed by atoms with Crippen molar-refractivity contribution in [2.45, 2.75) is 32.6 Å². The summed E-state index contributed by atoms with van der Waals surface area (Å²) in [6.45, 7) is 5.56. The molecule has 0 saturated heterocycles. The summed E-state index contributed by atoms with van der Waals surface area (Å²) in [4.78, 5) is 8.41. The van der Waals surface area contributed by atoms with E-state index in [0.29, 0.717) is 30.6 Å². The molecule has 0 aliphatic rings. The molecule has 1 heterocycles. The van der Waals surface area contributed by atoms with Gasteiger partial charge in [-0.15, -0.1) is 24.0 Å². The Hall–Kier alpha value is -1.84. The van der Waals surface area contributed by atoms with Gasteiger partial charge in [-0.1, -0.05) is 24.2 Å². The van der Waals surface area contributed by atoms with Crippen LogP contribution in [0.3, 0.4) is 0 Å². The average molecular weight is 473 g/mol. The minimum Gasteiger partial charge on any atom is -0.497 e. The molecule has 1 atom stereocenters. The van der Waals surface area contributed by atoms with E-state index < -0.39 is 0 Å². The molecule has 0 saturated carbocycles. The lowest BCUT2D eigenvalue weighted by atomic mass is 9.98. The van der Waals surface area contributed by atoms with Crippen LogP contribution in [0, 0.1) is 6.92 Å². The quantitative estimate of drug-likeness (QED) is 0.349. The van der Waals surface area contributed by atoms with Crippen molar-refractivity contribution in [3.05, 3.63) is 41.5 Å². The van der Waals surface area contributed by atoms with Gasteiger partial charge in [-0.05, 0) is 37.0 Å². The highest BCUT2D eigenvalue weighted by atomic mass is 127. The number of ether oxygens (including phenoxy) is 1. The Kier molecular flexibility index (Phi) is 10.0. The molecule has 144 valence electrons. The lowest BCUT2D eigenvalue weighted by Gasteiger charge is -2.15. The number of aliphatic imine (C=N–C) groups is 1. The van der Waals surface area contributed by atoms with Gasteiger partial charge in [-0.3, -0.25) is 4.99 Å². The Morgan fingerprint density at radius 2 is 1.92 bits per heavy atom. The number of halogens is 1. The molecule has 2 rings (SSSR count). The van der Waals surface area contributed by atoms with Crippen LogP contribution in [-0.2, 0) is 6.42 Å². The maximum Gasteiger partial charge on any atom is 0.228 e. The first-order valence-electron chi connectivity index (χ1n) is 8.50. The summed E-state index contributed by atoms with van der Waals surface area (Å²) >= 11 is 0. The highest BCUT2D eigenvalue weighted by molar-refractivity contribution is 14.0. The van der Waals surface area contributed by atoms with Gasteiger partial charge in [0.1, 0.15) is 5.75 Å². The maximum absolute atomic E-state index is 5.20. The van der Waals surface area contributed by atoms with Crippen LogP contribution < -0.4 is 15.4 Å². The average Bonchev–Trinajstić information content (AvgIpc) is 3.05. The molecule has 1 unspecified atom stereocenters. The molecule has 0 aliphatic carbocycles. The van der Waals surface area contributed by atoms with Crippen molar-refractivity contribution in [2.75, 3.05) is 27.2 Å². The van der Waals surface area contributed by atoms with Crippen molar-refractivity contribution in [1.82, 2.24) is 20.8 Å². The van der Waals surface area contributed by atoms with E-state index in [1.165, 1.54) is 5.56 Å². The van der Waals surface area contributed by atoms with Gasteiger partial charge in [-0.2, -0.15) is 4.98 Å². The second-order valence-electron chi connectivity index (χ2n) is 5.87. The van der Waals surface area contributed by atoms with Gasteiger partial charge in [0, 0.05) is 26.6 Å². The first kappa shape index (κ1) is 22.2. The Morgan fingerprint density at radius 3 is 2.50 bits per heavy atom. The van der Waals surface area contributed by atoms with Crippen LogP contribution in [-0.4, -0.2) is 43.3 Å². The number of nitrogens with one attached hydrogen (secondary N) is 2. The summed E-state index contributed by atoms with van der Waals surface area (Å²) in [7, 11) is 3.44. The van der Waals surface area contributed by atoms with Crippen LogP contribution in [0.1, 0.15) is 36.5 Å². The molecule has 2 N–H and O–H groups in total. The third-order valence-electron chi connectivity index (χ3n) is 3.98. The Bertz CT molecular complexity index is 672. The minimum absolute atomic E-state index is 0. The van der Waals surface area contributed by atoms with E-state index >= 15 is 0 Å². The molecule has 7 nitrogen and oxygen atoms in total. The van der Waals surface area contributed by atoms with Crippen molar-refractivity contribution in [3.63, 3.8) is 0 Å². The van der Waals surface area contributed by atoms with E-state index in [2.05, 4.69) is 44.8 Å².